The Morgan fingerprint density at radius 2 is 0.900 bits per heavy atom. The molecule has 0 aromatic heterocycles. The molecule has 4 rings (SSSR count). The van der Waals surface area contributed by atoms with Crippen LogP contribution in [0.15, 0.2) is 97.1 Å². The fraction of sp³-hybridized carbons (Fsp3) is 0.118. The van der Waals surface area contributed by atoms with Crippen LogP contribution in [0.4, 0.5) is 0 Å². The molecule has 0 radical (unpaired) electrons. The molecule has 0 saturated heterocycles. The predicted molar refractivity (Wildman–Crippen MR) is 158 cm³/mol. The second kappa shape index (κ2) is 13.1. The van der Waals surface area contributed by atoms with Gasteiger partial charge in [-0.3, -0.25) is 9.59 Å². The summed E-state index contributed by atoms with van der Waals surface area (Å²) in [6.07, 6.45) is 6.50. The molecular formula is C34H30O6. The number of carbonyl (C=O) groups is 2. The van der Waals surface area contributed by atoms with E-state index in [0.29, 0.717) is 45.3 Å². The normalized spacial score (nSPS) is 11.0. The van der Waals surface area contributed by atoms with Gasteiger partial charge in [0.05, 0.1) is 28.4 Å². The molecule has 6 heteroatoms. The number of ketones is 2. The van der Waals surface area contributed by atoms with E-state index in [4.69, 9.17) is 18.9 Å². The van der Waals surface area contributed by atoms with Crippen molar-refractivity contribution in [1.29, 1.82) is 0 Å². The Kier molecular flexibility index (Phi) is 9.15. The van der Waals surface area contributed by atoms with Crippen LogP contribution >= 0.6 is 0 Å². The second-order valence-electron chi connectivity index (χ2n) is 8.74. The van der Waals surface area contributed by atoms with E-state index in [1.807, 2.05) is 48.5 Å². The van der Waals surface area contributed by atoms with Crippen molar-refractivity contribution in [2.45, 2.75) is 0 Å². The topological polar surface area (TPSA) is 71.1 Å². The van der Waals surface area contributed by atoms with Crippen LogP contribution < -0.4 is 18.9 Å². The molecule has 0 unspecified atom stereocenters. The third-order valence-electron chi connectivity index (χ3n) is 6.26. The van der Waals surface area contributed by atoms with Gasteiger partial charge in [0.15, 0.2) is 34.6 Å². The van der Waals surface area contributed by atoms with Crippen LogP contribution in [0, 0.1) is 0 Å². The second-order valence-corrected chi connectivity index (χ2v) is 8.74. The summed E-state index contributed by atoms with van der Waals surface area (Å²) in [5.41, 5.74) is 3.95. The van der Waals surface area contributed by atoms with Gasteiger partial charge in [-0.1, -0.05) is 72.8 Å². The largest absolute Gasteiger partial charge is 0.493 e. The van der Waals surface area contributed by atoms with Crippen LogP contribution in [0.25, 0.3) is 23.3 Å². The molecule has 4 aromatic rings. The summed E-state index contributed by atoms with van der Waals surface area (Å²) >= 11 is 0. The zero-order valence-electron chi connectivity index (χ0n) is 22.8. The third kappa shape index (κ3) is 6.30. The Morgan fingerprint density at radius 3 is 1.23 bits per heavy atom. The lowest BCUT2D eigenvalue weighted by molar-refractivity contribution is 0.103. The molecule has 40 heavy (non-hydrogen) atoms. The SMILES string of the molecule is COc1cc(/C=C/C(=O)c2ccccc2)cc(-c2cc(/C=C/C(=O)c3ccccc3)cc(OC)c2OC)c1OC. The molecule has 0 fully saturated rings. The van der Waals surface area contributed by atoms with Gasteiger partial charge in [-0.2, -0.15) is 0 Å². The van der Waals surface area contributed by atoms with Gasteiger partial charge in [-0.15, -0.1) is 0 Å². The maximum atomic E-state index is 12.7. The van der Waals surface area contributed by atoms with Crippen molar-refractivity contribution < 1.29 is 28.5 Å². The summed E-state index contributed by atoms with van der Waals surface area (Å²) in [5, 5.41) is 0. The highest BCUT2D eigenvalue weighted by Crippen LogP contribution is 2.46. The Balaban J connectivity index is 1.81. The smallest absolute Gasteiger partial charge is 0.185 e. The molecule has 0 saturated carbocycles. The Morgan fingerprint density at radius 1 is 0.525 bits per heavy atom. The summed E-state index contributed by atoms with van der Waals surface area (Å²) in [6.45, 7) is 0. The highest BCUT2D eigenvalue weighted by Gasteiger charge is 2.20. The van der Waals surface area contributed by atoms with Gasteiger partial charge in [0.1, 0.15) is 0 Å². The van der Waals surface area contributed by atoms with Crippen molar-refractivity contribution in [1.82, 2.24) is 0 Å². The molecule has 0 N–H and O–H groups in total. The van der Waals surface area contributed by atoms with E-state index < -0.39 is 0 Å². The Labute approximate surface area is 234 Å². The number of rotatable bonds is 11. The zero-order valence-corrected chi connectivity index (χ0v) is 22.8. The average molecular weight is 535 g/mol. The van der Waals surface area contributed by atoms with Crippen molar-refractivity contribution in [2.75, 3.05) is 28.4 Å². The monoisotopic (exact) mass is 534 g/mol. The molecule has 0 amide bonds. The van der Waals surface area contributed by atoms with Gasteiger partial charge in [0, 0.05) is 22.3 Å². The van der Waals surface area contributed by atoms with Crippen LogP contribution in [0.5, 0.6) is 23.0 Å². The van der Waals surface area contributed by atoms with Crippen molar-refractivity contribution in [3.8, 4) is 34.1 Å². The van der Waals surface area contributed by atoms with Crippen molar-refractivity contribution in [3.63, 3.8) is 0 Å². The number of carbonyl (C=O) groups excluding carboxylic acids is 2. The highest BCUT2D eigenvalue weighted by atomic mass is 16.5. The Bertz CT molecular complexity index is 1430. The summed E-state index contributed by atoms with van der Waals surface area (Å²) in [5.74, 6) is 1.69. The molecule has 0 heterocycles. The van der Waals surface area contributed by atoms with Crippen LogP contribution in [-0.4, -0.2) is 40.0 Å². The number of hydrogen-bond acceptors (Lipinski definition) is 6. The number of allylic oxidation sites excluding steroid dienone is 2. The molecule has 4 aromatic carbocycles. The van der Waals surface area contributed by atoms with Gasteiger partial charge < -0.3 is 18.9 Å². The lowest BCUT2D eigenvalue weighted by Gasteiger charge is -2.19. The molecular weight excluding hydrogens is 504 g/mol. The first-order valence-corrected chi connectivity index (χ1v) is 12.6. The Hall–Kier alpha value is -5.10. The summed E-state index contributed by atoms with van der Waals surface area (Å²) in [7, 11) is 6.22. The van der Waals surface area contributed by atoms with E-state index in [2.05, 4.69) is 0 Å². The summed E-state index contributed by atoms with van der Waals surface area (Å²) in [6, 6.07) is 25.5. The van der Waals surface area contributed by atoms with E-state index >= 15 is 0 Å². The fourth-order valence-electron chi connectivity index (χ4n) is 4.31. The predicted octanol–water partition coefficient (Wildman–Crippen LogP) is 7.18. The fourth-order valence-corrected chi connectivity index (χ4v) is 4.31. The molecule has 0 aliphatic rings. The summed E-state index contributed by atoms with van der Waals surface area (Å²) in [4.78, 5) is 25.4. The van der Waals surface area contributed by atoms with Crippen LogP contribution in [0.1, 0.15) is 31.8 Å². The van der Waals surface area contributed by atoms with Gasteiger partial charge in [-0.25, -0.2) is 0 Å². The zero-order chi connectivity index (χ0) is 28.5. The van der Waals surface area contributed by atoms with E-state index in [1.54, 1.807) is 77.0 Å². The molecule has 0 bridgehead atoms. The van der Waals surface area contributed by atoms with E-state index in [-0.39, 0.29) is 11.6 Å². The number of methoxy groups -OCH3 is 4. The third-order valence-corrected chi connectivity index (χ3v) is 6.26. The van der Waals surface area contributed by atoms with Crippen molar-refractivity contribution in [3.05, 3.63) is 119 Å². The molecule has 6 nitrogen and oxygen atoms in total. The lowest BCUT2D eigenvalue weighted by atomic mass is 9.96. The minimum Gasteiger partial charge on any atom is -0.493 e. The molecule has 0 aliphatic heterocycles. The van der Waals surface area contributed by atoms with E-state index in [9.17, 15) is 9.59 Å². The number of ether oxygens (including phenoxy) is 4. The van der Waals surface area contributed by atoms with Gasteiger partial charge in [0.2, 0.25) is 0 Å². The average Bonchev–Trinajstić information content (AvgIpc) is 3.02. The van der Waals surface area contributed by atoms with Crippen LogP contribution in [-0.2, 0) is 0 Å². The van der Waals surface area contributed by atoms with Crippen molar-refractivity contribution in [2.24, 2.45) is 0 Å². The first-order chi connectivity index (χ1) is 19.5. The molecule has 0 spiro atoms. The molecule has 0 aliphatic carbocycles. The van der Waals surface area contributed by atoms with E-state index in [0.717, 1.165) is 11.1 Å². The molecule has 0 atom stereocenters. The first-order valence-electron chi connectivity index (χ1n) is 12.6. The summed E-state index contributed by atoms with van der Waals surface area (Å²) < 4.78 is 22.8. The van der Waals surface area contributed by atoms with E-state index in [1.165, 1.54) is 12.2 Å². The van der Waals surface area contributed by atoms with Gasteiger partial charge in [0.25, 0.3) is 0 Å². The number of hydrogen-bond donors (Lipinski definition) is 0. The van der Waals surface area contributed by atoms with Gasteiger partial charge >= 0.3 is 0 Å². The maximum absolute atomic E-state index is 12.7. The minimum atomic E-state index is -0.119. The number of benzene rings is 4. The first kappa shape index (κ1) is 27.9. The maximum Gasteiger partial charge on any atom is 0.185 e. The highest BCUT2D eigenvalue weighted by molar-refractivity contribution is 6.07. The van der Waals surface area contributed by atoms with Crippen LogP contribution in [0.3, 0.4) is 0 Å². The molecule has 202 valence electrons. The van der Waals surface area contributed by atoms with Crippen LogP contribution in [0.2, 0.25) is 0 Å². The van der Waals surface area contributed by atoms with Crippen molar-refractivity contribution >= 4 is 23.7 Å². The standard InChI is InChI=1S/C34H30O6/c1-37-31-21-23(15-17-29(35)25-11-7-5-8-12-25)19-27(33(31)39-3)28-20-24(22-32(38-2)34(28)40-4)16-18-30(36)26-13-9-6-10-14-26/h5-22H,1-4H3/b17-15+,18-16+. The minimum absolute atomic E-state index is 0.119. The van der Waals surface area contributed by atoms with Gasteiger partial charge in [-0.05, 0) is 47.5 Å². The lowest BCUT2D eigenvalue weighted by Crippen LogP contribution is -1.99. The quantitative estimate of drug-likeness (QED) is 0.150.